The van der Waals surface area contributed by atoms with Crippen LogP contribution in [0.4, 0.5) is 9.59 Å². The maximum atomic E-state index is 12.2. The Bertz CT molecular complexity index is 498. The molecule has 0 radical (unpaired) electrons. The van der Waals surface area contributed by atoms with Gasteiger partial charge in [-0.05, 0) is 38.5 Å². The minimum Gasteiger partial charge on any atom is -0.376 e. The Balaban J connectivity index is 1.47. The molecular formula is C15H24N4O4. The third-order valence-corrected chi connectivity index (χ3v) is 5.18. The van der Waals surface area contributed by atoms with Crippen LogP contribution in [-0.2, 0) is 9.53 Å². The van der Waals surface area contributed by atoms with E-state index in [9.17, 15) is 14.4 Å². The summed E-state index contributed by atoms with van der Waals surface area (Å²) in [7, 11) is 0. The number of likely N-dealkylation sites (tertiary alicyclic amines) is 1. The second kappa shape index (κ2) is 6.35. The normalized spacial score (nSPS) is 31.9. The van der Waals surface area contributed by atoms with Gasteiger partial charge in [0.2, 0.25) is 0 Å². The molecule has 8 nitrogen and oxygen atoms in total. The van der Waals surface area contributed by atoms with E-state index in [1.165, 1.54) is 0 Å². The zero-order valence-corrected chi connectivity index (χ0v) is 13.4. The number of carbonyl (C=O) groups excluding carboxylic acids is 3. The van der Waals surface area contributed by atoms with Crippen LogP contribution in [0.1, 0.15) is 32.6 Å². The van der Waals surface area contributed by atoms with Crippen molar-refractivity contribution < 1.29 is 19.1 Å². The van der Waals surface area contributed by atoms with Crippen LogP contribution in [0.25, 0.3) is 0 Å². The number of rotatable bonds is 3. The number of hydrogen-bond donors (Lipinski definition) is 3. The Hall–Kier alpha value is -1.83. The van der Waals surface area contributed by atoms with Gasteiger partial charge in [0, 0.05) is 26.2 Å². The number of hydrogen-bond acceptors (Lipinski definition) is 4. The molecule has 0 aromatic heterocycles. The lowest BCUT2D eigenvalue weighted by Gasteiger charge is -2.38. The molecule has 5 amide bonds. The predicted molar refractivity (Wildman–Crippen MR) is 81.7 cm³/mol. The predicted octanol–water partition coefficient (Wildman–Crippen LogP) is 0.185. The molecule has 23 heavy (non-hydrogen) atoms. The third-order valence-electron chi connectivity index (χ3n) is 5.18. The first-order valence-corrected chi connectivity index (χ1v) is 8.27. The minimum absolute atomic E-state index is 0.0381. The van der Waals surface area contributed by atoms with E-state index in [1.54, 1.807) is 11.8 Å². The average molecular weight is 324 g/mol. The van der Waals surface area contributed by atoms with Gasteiger partial charge in [-0.25, -0.2) is 9.59 Å². The van der Waals surface area contributed by atoms with Crippen molar-refractivity contribution in [2.45, 2.75) is 44.2 Å². The van der Waals surface area contributed by atoms with Gasteiger partial charge in [0.05, 0.1) is 6.10 Å². The maximum Gasteiger partial charge on any atom is 0.322 e. The Kier molecular flexibility index (Phi) is 4.43. The van der Waals surface area contributed by atoms with E-state index < -0.39 is 11.6 Å². The highest BCUT2D eigenvalue weighted by Gasteiger charge is 2.48. The quantitative estimate of drug-likeness (QED) is 0.645. The third kappa shape index (κ3) is 3.26. The van der Waals surface area contributed by atoms with E-state index in [0.717, 1.165) is 19.4 Å². The monoisotopic (exact) mass is 324 g/mol. The van der Waals surface area contributed by atoms with Gasteiger partial charge in [0.1, 0.15) is 5.54 Å². The lowest BCUT2D eigenvalue weighted by Crippen LogP contribution is -2.55. The fourth-order valence-electron chi connectivity index (χ4n) is 3.62. The molecule has 3 N–H and O–H groups in total. The Morgan fingerprint density at radius 2 is 2.09 bits per heavy atom. The van der Waals surface area contributed by atoms with Gasteiger partial charge in [-0.3, -0.25) is 10.1 Å². The topological polar surface area (TPSA) is 99.8 Å². The van der Waals surface area contributed by atoms with Gasteiger partial charge in [-0.1, -0.05) is 0 Å². The largest absolute Gasteiger partial charge is 0.376 e. The summed E-state index contributed by atoms with van der Waals surface area (Å²) in [5.41, 5.74) is -0.864. The second-order valence-electron chi connectivity index (χ2n) is 6.69. The summed E-state index contributed by atoms with van der Waals surface area (Å²) in [5, 5.41) is 7.93. The number of urea groups is 2. The summed E-state index contributed by atoms with van der Waals surface area (Å²) in [6.07, 6.45) is 3.57. The van der Waals surface area contributed by atoms with Crippen LogP contribution in [0.15, 0.2) is 0 Å². The summed E-state index contributed by atoms with van der Waals surface area (Å²) >= 11 is 0. The lowest BCUT2D eigenvalue weighted by molar-refractivity contribution is -0.125. The summed E-state index contributed by atoms with van der Waals surface area (Å²) < 4.78 is 5.49. The van der Waals surface area contributed by atoms with Crippen LogP contribution in [0.2, 0.25) is 0 Å². The van der Waals surface area contributed by atoms with E-state index in [1.807, 2.05) is 0 Å². The van der Waals surface area contributed by atoms with Gasteiger partial charge in [0.15, 0.2) is 0 Å². The number of ether oxygens (including phenoxy) is 1. The standard InChI is InChI=1S/C15H24N4O4/c1-15(12(20)17-13(21)18-15)10-4-6-19(7-5-10)14(22)16-9-11-3-2-8-23-11/h10-11H,2-9H2,1H3,(H,16,22)(H2,17,18,20,21)/t11-,15-/m0/s1. The highest BCUT2D eigenvalue weighted by Crippen LogP contribution is 2.30. The lowest BCUT2D eigenvalue weighted by atomic mass is 9.79. The van der Waals surface area contributed by atoms with Gasteiger partial charge in [-0.2, -0.15) is 0 Å². The summed E-state index contributed by atoms with van der Waals surface area (Å²) in [6.45, 7) is 4.25. The van der Waals surface area contributed by atoms with Crippen LogP contribution in [-0.4, -0.2) is 60.8 Å². The molecule has 3 heterocycles. The van der Waals surface area contributed by atoms with Crippen molar-refractivity contribution in [3.8, 4) is 0 Å². The Labute approximate surface area is 135 Å². The first kappa shape index (κ1) is 16.0. The van der Waals surface area contributed by atoms with Gasteiger partial charge >= 0.3 is 12.1 Å². The molecule has 0 aromatic rings. The molecule has 0 spiro atoms. The van der Waals surface area contributed by atoms with Crippen molar-refractivity contribution in [3.05, 3.63) is 0 Å². The van der Waals surface area contributed by atoms with Crippen molar-refractivity contribution in [3.63, 3.8) is 0 Å². The highest BCUT2D eigenvalue weighted by atomic mass is 16.5. The van der Waals surface area contributed by atoms with Crippen LogP contribution in [0.5, 0.6) is 0 Å². The van der Waals surface area contributed by atoms with Gasteiger partial charge in [-0.15, -0.1) is 0 Å². The average Bonchev–Trinajstić information content (AvgIpc) is 3.14. The first-order valence-electron chi connectivity index (χ1n) is 8.27. The van der Waals surface area contributed by atoms with E-state index in [-0.39, 0.29) is 24.0 Å². The molecule has 0 unspecified atom stereocenters. The van der Waals surface area contributed by atoms with Crippen LogP contribution in [0, 0.1) is 5.92 Å². The number of piperidine rings is 1. The van der Waals surface area contributed by atoms with Crippen LogP contribution < -0.4 is 16.0 Å². The minimum atomic E-state index is -0.864. The number of nitrogens with zero attached hydrogens (tertiary/aromatic N) is 1. The summed E-state index contributed by atoms with van der Waals surface area (Å²) in [4.78, 5) is 37.3. The number of carbonyl (C=O) groups is 3. The molecule has 2 atom stereocenters. The molecule has 128 valence electrons. The van der Waals surface area contributed by atoms with E-state index >= 15 is 0 Å². The second-order valence-corrected chi connectivity index (χ2v) is 6.69. The fraction of sp³-hybridized carbons (Fsp3) is 0.800. The molecule has 3 rings (SSSR count). The molecule has 3 fully saturated rings. The number of imide groups is 1. The summed E-state index contributed by atoms with van der Waals surface area (Å²) in [5.74, 6) is -0.236. The fourth-order valence-corrected chi connectivity index (χ4v) is 3.62. The summed E-state index contributed by atoms with van der Waals surface area (Å²) in [6, 6.07) is -0.516. The first-order chi connectivity index (χ1) is 11.0. The van der Waals surface area contributed by atoms with Crippen molar-refractivity contribution in [1.82, 2.24) is 20.9 Å². The molecule has 0 saturated carbocycles. The number of nitrogens with one attached hydrogen (secondary N) is 3. The van der Waals surface area contributed by atoms with Crippen LogP contribution in [0.3, 0.4) is 0 Å². The number of amides is 5. The Morgan fingerprint density at radius 1 is 1.35 bits per heavy atom. The van der Waals surface area contributed by atoms with E-state index in [4.69, 9.17) is 4.74 Å². The van der Waals surface area contributed by atoms with Crippen molar-refractivity contribution >= 4 is 18.0 Å². The molecule has 0 aliphatic carbocycles. The zero-order chi connectivity index (χ0) is 16.4. The molecular weight excluding hydrogens is 300 g/mol. The van der Waals surface area contributed by atoms with E-state index in [0.29, 0.717) is 32.5 Å². The highest BCUT2D eigenvalue weighted by molar-refractivity contribution is 6.06. The molecule has 3 aliphatic rings. The molecule has 0 bridgehead atoms. The molecule has 3 saturated heterocycles. The maximum absolute atomic E-state index is 12.2. The van der Waals surface area contributed by atoms with Crippen molar-refractivity contribution in [2.75, 3.05) is 26.2 Å². The molecule has 0 aromatic carbocycles. The Morgan fingerprint density at radius 3 is 2.65 bits per heavy atom. The molecule has 8 heteroatoms. The van der Waals surface area contributed by atoms with Crippen molar-refractivity contribution in [2.24, 2.45) is 5.92 Å². The molecule has 3 aliphatic heterocycles. The van der Waals surface area contributed by atoms with E-state index in [2.05, 4.69) is 16.0 Å². The zero-order valence-electron chi connectivity index (χ0n) is 13.4. The van der Waals surface area contributed by atoms with Gasteiger partial charge < -0.3 is 20.3 Å². The van der Waals surface area contributed by atoms with Crippen molar-refractivity contribution in [1.29, 1.82) is 0 Å². The van der Waals surface area contributed by atoms with Gasteiger partial charge in [0.25, 0.3) is 5.91 Å². The SMILES string of the molecule is C[C@@]1(C2CCN(C(=O)NC[C@@H]3CCCO3)CC2)NC(=O)NC1=O. The smallest absolute Gasteiger partial charge is 0.322 e. The van der Waals surface area contributed by atoms with Crippen LogP contribution >= 0.6 is 0 Å².